The lowest BCUT2D eigenvalue weighted by Gasteiger charge is -2.00. The van der Waals surface area contributed by atoms with Gasteiger partial charge < -0.3 is 0 Å². The largest absolute Gasteiger partial charge is 0.253 e. The average Bonchev–Trinajstić information content (AvgIpc) is 3.19. The van der Waals surface area contributed by atoms with Crippen LogP contribution in [0.15, 0.2) is 83.5 Å². The standard InChI is InChI=1S/C20H15N5S/c1-2-7-16(8-3-1)18-14-26-20(24-18)25-23-13-15-6-4-9-17(12-15)19-21-10-5-11-22-19/h1-14H,(H,24,25). The second kappa shape index (κ2) is 7.67. The summed E-state index contributed by atoms with van der Waals surface area (Å²) >= 11 is 1.52. The number of hydrogen-bond acceptors (Lipinski definition) is 6. The second-order valence-corrected chi connectivity index (χ2v) is 6.33. The molecule has 0 aliphatic carbocycles. The molecule has 0 amide bonds. The molecule has 0 aliphatic heterocycles. The van der Waals surface area contributed by atoms with Gasteiger partial charge in [-0.05, 0) is 17.7 Å². The second-order valence-electron chi connectivity index (χ2n) is 5.47. The zero-order valence-corrected chi connectivity index (χ0v) is 14.6. The molecule has 126 valence electrons. The Kier molecular flexibility index (Phi) is 4.75. The van der Waals surface area contributed by atoms with Crippen LogP contribution in [-0.4, -0.2) is 21.2 Å². The van der Waals surface area contributed by atoms with Crippen molar-refractivity contribution in [3.05, 3.63) is 84.0 Å². The van der Waals surface area contributed by atoms with Crippen LogP contribution in [0.25, 0.3) is 22.6 Å². The fourth-order valence-electron chi connectivity index (χ4n) is 2.43. The van der Waals surface area contributed by atoms with Crippen molar-refractivity contribution in [3.63, 3.8) is 0 Å². The smallest absolute Gasteiger partial charge is 0.203 e. The molecular formula is C20H15N5S. The molecule has 0 bridgehead atoms. The predicted molar refractivity (Wildman–Crippen MR) is 106 cm³/mol. The number of hydrogen-bond donors (Lipinski definition) is 1. The van der Waals surface area contributed by atoms with Crippen molar-refractivity contribution in [3.8, 4) is 22.6 Å². The molecule has 0 radical (unpaired) electrons. The first-order chi connectivity index (χ1) is 12.9. The maximum Gasteiger partial charge on any atom is 0.203 e. The minimum Gasteiger partial charge on any atom is -0.253 e. The molecule has 2 aromatic carbocycles. The van der Waals surface area contributed by atoms with E-state index in [1.54, 1.807) is 24.7 Å². The van der Waals surface area contributed by atoms with E-state index in [0.29, 0.717) is 5.82 Å². The molecule has 0 saturated carbocycles. The van der Waals surface area contributed by atoms with Gasteiger partial charge in [0.05, 0.1) is 11.9 Å². The highest BCUT2D eigenvalue weighted by molar-refractivity contribution is 7.14. The number of thiazole rings is 1. The molecular weight excluding hydrogens is 342 g/mol. The van der Waals surface area contributed by atoms with E-state index < -0.39 is 0 Å². The molecule has 0 fully saturated rings. The predicted octanol–water partition coefficient (Wildman–Crippen LogP) is 4.71. The van der Waals surface area contributed by atoms with Crippen molar-refractivity contribution >= 4 is 22.7 Å². The Bertz CT molecular complexity index is 1010. The highest BCUT2D eigenvalue weighted by Gasteiger charge is 2.03. The molecule has 0 saturated heterocycles. The SMILES string of the molecule is C(=NNc1nc(-c2ccccc2)cs1)c1cccc(-c2ncccn2)c1. The van der Waals surface area contributed by atoms with Gasteiger partial charge in [-0.15, -0.1) is 11.3 Å². The number of nitrogens with one attached hydrogen (secondary N) is 1. The first kappa shape index (κ1) is 16.1. The Labute approximate surface area is 155 Å². The fourth-order valence-corrected chi connectivity index (χ4v) is 3.10. The van der Waals surface area contributed by atoms with E-state index in [0.717, 1.165) is 27.5 Å². The fraction of sp³-hybridized carbons (Fsp3) is 0. The van der Waals surface area contributed by atoms with Gasteiger partial charge in [-0.3, -0.25) is 5.43 Å². The molecule has 2 aromatic heterocycles. The number of nitrogens with zero attached hydrogens (tertiary/aromatic N) is 4. The number of rotatable bonds is 5. The monoisotopic (exact) mass is 357 g/mol. The summed E-state index contributed by atoms with van der Waals surface area (Å²) in [5, 5.41) is 7.05. The van der Waals surface area contributed by atoms with E-state index >= 15 is 0 Å². The summed E-state index contributed by atoms with van der Waals surface area (Å²) in [6, 6.07) is 19.8. The van der Waals surface area contributed by atoms with E-state index in [9.17, 15) is 0 Å². The van der Waals surface area contributed by atoms with Crippen molar-refractivity contribution in [1.29, 1.82) is 0 Å². The average molecular weight is 357 g/mol. The molecule has 26 heavy (non-hydrogen) atoms. The first-order valence-corrected chi connectivity index (χ1v) is 8.94. The molecule has 0 aliphatic rings. The summed E-state index contributed by atoms with van der Waals surface area (Å²) in [7, 11) is 0. The normalized spacial score (nSPS) is 10.9. The molecule has 5 nitrogen and oxygen atoms in total. The zero-order valence-electron chi connectivity index (χ0n) is 13.8. The summed E-state index contributed by atoms with van der Waals surface area (Å²) in [6.45, 7) is 0. The lowest BCUT2D eigenvalue weighted by atomic mass is 10.1. The summed E-state index contributed by atoms with van der Waals surface area (Å²) in [4.78, 5) is 13.1. The van der Waals surface area contributed by atoms with Crippen LogP contribution in [0.3, 0.4) is 0 Å². The Balaban J connectivity index is 1.45. The maximum absolute atomic E-state index is 4.55. The minimum absolute atomic E-state index is 0.697. The summed E-state index contributed by atoms with van der Waals surface area (Å²) < 4.78 is 0. The van der Waals surface area contributed by atoms with Crippen LogP contribution < -0.4 is 5.43 Å². The quantitative estimate of drug-likeness (QED) is 0.415. The van der Waals surface area contributed by atoms with E-state index in [1.165, 1.54) is 11.3 Å². The van der Waals surface area contributed by atoms with Gasteiger partial charge in [-0.25, -0.2) is 15.0 Å². The summed E-state index contributed by atoms with van der Waals surface area (Å²) in [5.74, 6) is 0.697. The zero-order chi connectivity index (χ0) is 17.6. The molecule has 6 heteroatoms. The van der Waals surface area contributed by atoms with Gasteiger partial charge in [0, 0.05) is 28.9 Å². The van der Waals surface area contributed by atoms with E-state index in [-0.39, 0.29) is 0 Å². The van der Waals surface area contributed by atoms with Crippen LogP contribution in [0.2, 0.25) is 0 Å². The Morgan fingerprint density at radius 2 is 1.69 bits per heavy atom. The van der Waals surface area contributed by atoms with E-state index in [2.05, 4.69) is 25.5 Å². The molecule has 1 N–H and O–H groups in total. The Hall–Kier alpha value is -3.38. The van der Waals surface area contributed by atoms with E-state index in [4.69, 9.17) is 0 Å². The van der Waals surface area contributed by atoms with Crippen molar-refractivity contribution in [2.24, 2.45) is 5.10 Å². The molecule has 2 heterocycles. The Morgan fingerprint density at radius 1 is 0.885 bits per heavy atom. The van der Waals surface area contributed by atoms with Crippen LogP contribution in [0.4, 0.5) is 5.13 Å². The van der Waals surface area contributed by atoms with Gasteiger partial charge in [0.25, 0.3) is 0 Å². The van der Waals surface area contributed by atoms with Crippen molar-refractivity contribution in [1.82, 2.24) is 15.0 Å². The minimum atomic E-state index is 0.697. The molecule has 0 atom stereocenters. The van der Waals surface area contributed by atoms with Gasteiger partial charge >= 0.3 is 0 Å². The maximum atomic E-state index is 4.55. The van der Waals surface area contributed by atoms with Crippen LogP contribution in [0, 0.1) is 0 Å². The van der Waals surface area contributed by atoms with E-state index in [1.807, 2.05) is 60.0 Å². The van der Waals surface area contributed by atoms with Crippen molar-refractivity contribution < 1.29 is 0 Å². The highest BCUT2D eigenvalue weighted by atomic mass is 32.1. The van der Waals surface area contributed by atoms with Crippen LogP contribution >= 0.6 is 11.3 Å². The molecule has 0 spiro atoms. The topological polar surface area (TPSA) is 63.1 Å². The van der Waals surface area contributed by atoms with Crippen LogP contribution in [0.5, 0.6) is 0 Å². The highest BCUT2D eigenvalue weighted by Crippen LogP contribution is 2.24. The first-order valence-electron chi connectivity index (χ1n) is 8.06. The third-order valence-corrected chi connectivity index (χ3v) is 4.41. The number of anilines is 1. The molecule has 4 rings (SSSR count). The van der Waals surface area contributed by atoms with Crippen LogP contribution in [-0.2, 0) is 0 Å². The van der Waals surface area contributed by atoms with Gasteiger partial charge in [-0.2, -0.15) is 5.10 Å². The lowest BCUT2D eigenvalue weighted by Crippen LogP contribution is -1.92. The lowest BCUT2D eigenvalue weighted by molar-refractivity contribution is 1.18. The molecule has 0 unspecified atom stereocenters. The number of benzene rings is 2. The van der Waals surface area contributed by atoms with Crippen LogP contribution in [0.1, 0.15) is 5.56 Å². The molecule has 4 aromatic rings. The third kappa shape index (κ3) is 3.81. The van der Waals surface area contributed by atoms with Crippen molar-refractivity contribution in [2.45, 2.75) is 0 Å². The Morgan fingerprint density at radius 3 is 2.54 bits per heavy atom. The van der Waals surface area contributed by atoms with Gasteiger partial charge in [-0.1, -0.05) is 48.5 Å². The number of hydrazone groups is 1. The van der Waals surface area contributed by atoms with Crippen molar-refractivity contribution in [2.75, 3.05) is 5.43 Å². The van der Waals surface area contributed by atoms with Gasteiger partial charge in [0.15, 0.2) is 5.82 Å². The van der Waals surface area contributed by atoms with Gasteiger partial charge in [0.2, 0.25) is 5.13 Å². The number of aromatic nitrogens is 3. The van der Waals surface area contributed by atoms with Gasteiger partial charge in [0.1, 0.15) is 0 Å². The summed E-state index contributed by atoms with van der Waals surface area (Å²) in [5.41, 5.74) is 6.94. The third-order valence-electron chi connectivity index (χ3n) is 3.66. The summed E-state index contributed by atoms with van der Waals surface area (Å²) in [6.07, 6.45) is 5.23.